The highest BCUT2D eigenvalue weighted by Crippen LogP contribution is 2.14. The molecule has 0 amide bonds. The Kier molecular flexibility index (Phi) is 9.26. The second kappa shape index (κ2) is 9.76. The number of rotatable bonds is 8. The largest absolute Gasteiger partial charge is 0.103 e. The Hall–Kier alpha value is -0.780. The highest BCUT2D eigenvalue weighted by Gasteiger charge is 1.99. The van der Waals surface area contributed by atoms with Gasteiger partial charge in [0, 0.05) is 0 Å². The third-order valence-corrected chi connectivity index (χ3v) is 2.40. The molecule has 0 aliphatic rings. The fraction of sp³-hybridized carbons (Fsp3) is 0.600. The van der Waals surface area contributed by atoms with Gasteiger partial charge in [0.05, 0.1) is 0 Å². The van der Waals surface area contributed by atoms with Gasteiger partial charge in [0.25, 0.3) is 0 Å². The standard InChI is InChI=1S/C15H26/c1-5-7-8-12-15(6-2)13-10-9-11-14(3)4/h6-9,11,14-15H,2,5,10,12-13H2,1,3-4H3. The van der Waals surface area contributed by atoms with Crippen LogP contribution >= 0.6 is 0 Å². The molecule has 0 N–H and O–H groups in total. The van der Waals surface area contributed by atoms with E-state index < -0.39 is 0 Å². The molecule has 0 aromatic rings. The van der Waals surface area contributed by atoms with Crippen molar-refractivity contribution in [2.24, 2.45) is 11.8 Å². The molecular formula is C15H26. The molecule has 0 aromatic carbocycles. The van der Waals surface area contributed by atoms with Gasteiger partial charge in [-0.1, -0.05) is 51.2 Å². The van der Waals surface area contributed by atoms with E-state index in [1.807, 2.05) is 0 Å². The molecule has 0 heterocycles. The number of hydrogen-bond acceptors (Lipinski definition) is 0. The monoisotopic (exact) mass is 206 g/mol. The van der Waals surface area contributed by atoms with Crippen LogP contribution in [0.5, 0.6) is 0 Å². The van der Waals surface area contributed by atoms with Crippen LogP contribution < -0.4 is 0 Å². The van der Waals surface area contributed by atoms with Gasteiger partial charge in [-0.15, -0.1) is 6.58 Å². The molecule has 0 aliphatic heterocycles. The third kappa shape index (κ3) is 9.52. The molecule has 0 rings (SSSR count). The van der Waals surface area contributed by atoms with Gasteiger partial charge in [0.15, 0.2) is 0 Å². The Bertz CT molecular complexity index is 196. The fourth-order valence-electron chi connectivity index (χ4n) is 1.45. The van der Waals surface area contributed by atoms with Crippen molar-refractivity contribution in [2.75, 3.05) is 0 Å². The van der Waals surface area contributed by atoms with Crippen molar-refractivity contribution in [3.8, 4) is 0 Å². The zero-order valence-corrected chi connectivity index (χ0v) is 10.6. The second-order valence-electron chi connectivity index (χ2n) is 4.36. The Morgan fingerprint density at radius 3 is 2.40 bits per heavy atom. The molecular weight excluding hydrogens is 180 g/mol. The van der Waals surface area contributed by atoms with Crippen LogP contribution in [-0.2, 0) is 0 Å². The average Bonchev–Trinajstić information content (AvgIpc) is 2.21. The Labute approximate surface area is 95.8 Å². The van der Waals surface area contributed by atoms with Gasteiger partial charge in [0.1, 0.15) is 0 Å². The molecule has 0 saturated heterocycles. The van der Waals surface area contributed by atoms with Gasteiger partial charge in [-0.05, 0) is 37.5 Å². The van der Waals surface area contributed by atoms with E-state index in [9.17, 15) is 0 Å². The van der Waals surface area contributed by atoms with Crippen molar-refractivity contribution in [2.45, 2.75) is 46.5 Å². The summed E-state index contributed by atoms with van der Waals surface area (Å²) in [6.07, 6.45) is 15.9. The SMILES string of the molecule is C=CC(CC=CCC)CCC=CC(C)C. The molecule has 1 atom stereocenters. The summed E-state index contributed by atoms with van der Waals surface area (Å²) >= 11 is 0. The van der Waals surface area contributed by atoms with Crippen molar-refractivity contribution in [3.05, 3.63) is 37.0 Å². The quantitative estimate of drug-likeness (QED) is 0.482. The van der Waals surface area contributed by atoms with Crippen LogP contribution in [0.15, 0.2) is 37.0 Å². The normalized spacial score (nSPS) is 14.1. The van der Waals surface area contributed by atoms with Crippen LogP contribution in [0.1, 0.15) is 46.5 Å². The van der Waals surface area contributed by atoms with Crippen molar-refractivity contribution in [3.63, 3.8) is 0 Å². The zero-order chi connectivity index (χ0) is 11.5. The van der Waals surface area contributed by atoms with E-state index in [1.165, 1.54) is 12.8 Å². The van der Waals surface area contributed by atoms with Gasteiger partial charge < -0.3 is 0 Å². The number of allylic oxidation sites excluding steroid dienone is 5. The van der Waals surface area contributed by atoms with E-state index in [0.29, 0.717) is 11.8 Å². The van der Waals surface area contributed by atoms with Gasteiger partial charge >= 0.3 is 0 Å². The van der Waals surface area contributed by atoms with Crippen LogP contribution in [0.2, 0.25) is 0 Å². The first-order valence-corrected chi connectivity index (χ1v) is 6.14. The Morgan fingerprint density at radius 2 is 1.87 bits per heavy atom. The van der Waals surface area contributed by atoms with Crippen molar-refractivity contribution >= 4 is 0 Å². The molecule has 0 fully saturated rings. The summed E-state index contributed by atoms with van der Waals surface area (Å²) in [5, 5.41) is 0. The lowest BCUT2D eigenvalue weighted by Gasteiger charge is -2.07. The van der Waals surface area contributed by atoms with Crippen LogP contribution in [-0.4, -0.2) is 0 Å². The van der Waals surface area contributed by atoms with Gasteiger partial charge in [-0.25, -0.2) is 0 Å². The minimum absolute atomic E-state index is 0.643. The maximum atomic E-state index is 3.90. The smallest absolute Gasteiger partial charge is 0.0199 e. The zero-order valence-electron chi connectivity index (χ0n) is 10.6. The molecule has 0 saturated carbocycles. The first-order chi connectivity index (χ1) is 7.20. The summed E-state index contributed by atoms with van der Waals surface area (Å²) in [5.74, 6) is 1.32. The van der Waals surface area contributed by atoms with E-state index in [-0.39, 0.29) is 0 Å². The summed E-state index contributed by atoms with van der Waals surface area (Å²) in [4.78, 5) is 0. The molecule has 15 heavy (non-hydrogen) atoms. The molecule has 0 aromatic heterocycles. The molecule has 86 valence electrons. The molecule has 0 heteroatoms. The lowest BCUT2D eigenvalue weighted by molar-refractivity contribution is 0.605. The van der Waals surface area contributed by atoms with Crippen LogP contribution in [0.3, 0.4) is 0 Å². The van der Waals surface area contributed by atoms with Crippen LogP contribution in [0.25, 0.3) is 0 Å². The van der Waals surface area contributed by atoms with E-state index in [0.717, 1.165) is 12.8 Å². The maximum Gasteiger partial charge on any atom is -0.0199 e. The van der Waals surface area contributed by atoms with E-state index >= 15 is 0 Å². The summed E-state index contributed by atoms with van der Waals surface area (Å²) < 4.78 is 0. The minimum atomic E-state index is 0.643. The third-order valence-electron chi connectivity index (χ3n) is 2.40. The molecule has 1 unspecified atom stereocenters. The maximum absolute atomic E-state index is 3.90. The van der Waals surface area contributed by atoms with E-state index in [4.69, 9.17) is 0 Å². The molecule has 0 radical (unpaired) electrons. The van der Waals surface area contributed by atoms with Crippen molar-refractivity contribution in [1.82, 2.24) is 0 Å². The highest BCUT2D eigenvalue weighted by atomic mass is 14.0. The summed E-state index contributed by atoms with van der Waals surface area (Å²) in [6.45, 7) is 10.5. The highest BCUT2D eigenvalue weighted by molar-refractivity contribution is 4.92. The fourth-order valence-corrected chi connectivity index (χ4v) is 1.45. The second-order valence-corrected chi connectivity index (χ2v) is 4.36. The van der Waals surface area contributed by atoms with E-state index in [2.05, 4.69) is 57.7 Å². The van der Waals surface area contributed by atoms with Crippen molar-refractivity contribution in [1.29, 1.82) is 0 Å². The molecule has 0 bridgehead atoms. The first kappa shape index (κ1) is 14.2. The predicted octanol–water partition coefficient (Wildman–Crippen LogP) is 5.14. The number of hydrogen-bond donors (Lipinski definition) is 0. The van der Waals surface area contributed by atoms with Gasteiger partial charge in [-0.3, -0.25) is 0 Å². The van der Waals surface area contributed by atoms with Crippen molar-refractivity contribution < 1.29 is 0 Å². The Balaban J connectivity index is 3.70. The lowest BCUT2D eigenvalue weighted by atomic mass is 9.98. The van der Waals surface area contributed by atoms with Crippen LogP contribution in [0.4, 0.5) is 0 Å². The molecule has 0 nitrogen and oxygen atoms in total. The molecule has 0 spiro atoms. The average molecular weight is 206 g/mol. The van der Waals surface area contributed by atoms with Gasteiger partial charge in [0.2, 0.25) is 0 Å². The van der Waals surface area contributed by atoms with Crippen LogP contribution in [0, 0.1) is 11.8 Å². The lowest BCUT2D eigenvalue weighted by Crippen LogP contribution is -1.93. The predicted molar refractivity (Wildman–Crippen MR) is 70.9 cm³/mol. The minimum Gasteiger partial charge on any atom is -0.103 e. The Morgan fingerprint density at radius 1 is 1.13 bits per heavy atom. The van der Waals surface area contributed by atoms with E-state index in [1.54, 1.807) is 0 Å². The summed E-state index contributed by atoms with van der Waals surface area (Å²) in [5.41, 5.74) is 0. The molecule has 0 aliphatic carbocycles. The first-order valence-electron chi connectivity index (χ1n) is 6.14. The summed E-state index contributed by atoms with van der Waals surface area (Å²) in [7, 11) is 0. The summed E-state index contributed by atoms with van der Waals surface area (Å²) in [6, 6.07) is 0. The van der Waals surface area contributed by atoms with Gasteiger partial charge in [-0.2, -0.15) is 0 Å². The topological polar surface area (TPSA) is 0 Å².